The second kappa shape index (κ2) is 8.34. The van der Waals surface area contributed by atoms with Crippen molar-refractivity contribution >= 4 is 46.4 Å². The molecule has 1 aliphatic heterocycles. The Kier molecular flexibility index (Phi) is 6.15. The Morgan fingerprint density at radius 3 is 2.76 bits per heavy atom. The number of hydrogen-bond acceptors (Lipinski definition) is 4. The molecule has 0 spiro atoms. The van der Waals surface area contributed by atoms with Gasteiger partial charge in [-0.25, -0.2) is 0 Å². The summed E-state index contributed by atoms with van der Waals surface area (Å²) in [5.74, 6) is -0.179. The molecule has 1 atom stereocenters. The molecular formula is C17H17Cl3N4O. The van der Waals surface area contributed by atoms with Crippen LogP contribution >= 0.6 is 34.8 Å². The quantitative estimate of drug-likeness (QED) is 0.824. The van der Waals surface area contributed by atoms with E-state index in [1.165, 1.54) is 0 Å². The molecule has 1 fully saturated rings. The molecule has 1 saturated heterocycles. The molecule has 0 saturated carbocycles. The smallest absolute Gasteiger partial charge is 0.238 e. The average Bonchev–Trinajstić information content (AvgIpc) is 2.59. The highest BCUT2D eigenvalue weighted by Crippen LogP contribution is 2.33. The lowest BCUT2D eigenvalue weighted by Crippen LogP contribution is -2.48. The van der Waals surface area contributed by atoms with Crippen molar-refractivity contribution in [2.24, 2.45) is 0 Å². The lowest BCUT2D eigenvalue weighted by Gasteiger charge is -2.35. The van der Waals surface area contributed by atoms with Crippen molar-refractivity contribution in [3.05, 3.63) is 57.3 Å². The van der Waals surface area contributed by atoms with Gasteiger partial charge in [-0.3, -0.25) is 14.7 Å². The molecule has 0 bridgehead atoms. The van der Waals surface area contributed by atoms with Gasteiger partial charge in [0.15, 0.2) is 0 Å². The maximum absolute atomic E-state index is 12.5. The number of rotatable bonds is 4. The number of anilines is 1. The molecular weight excluding hydrogens is 383 g/mol. The van der Waals surface area contributed by atoms with Crippen molar-refractivity contribution < 1.29 is 4.79 Å². The monoisotopic (exact) mass is 398 g/mol. The Morgan fingerprint density at radius 1 is 1.32 bits per heavy atom. The van der Waals surface area contributed by atoms with Gasteiger partial charge in [-0.1, -0.05) is 40.9 Å². The largest absolute Gasteiger partial charge is 0.322 e. The first kappa shape index (κ1) is 18.4. The number of carbonyl (C=O) groups is 1. The van der Waals surface area contributed by atoms with Crippen molar-refractivity contribution in [1.82, 2.24) is 15.2 Å². The van der Waals surface area contributed by atoms with Gasteiger partial charge in [-0.05, 0) is 23.8 Å². The zero-order valence-corrected chi connectivity index (χ0v) is 15.6. The number of halogens is 3. The minimum atomic E-state index is -0.179. The molecule has 2 aromatic rings. The Morgan fingerprint density at radius 2 is 2.08 bits per heavy atom. The van der Waals surface area contributed by atoms with Crippen LogP contribution < -0.4 is 10.6 Å². The highest BCUT2D eigenvalue weighted by Gasteiger charge is 2.26. The highest BCUT2D eigenvalue weighted by atomic mass is 35.5. The van der Waals surface area contributed by atoms with Crippen LogP contribution in [0, 0.1) is 0 Å². The second-order valence-corrected chi connectivity index (χ2v) is 7.02. The Bertz CT molecular complexity index is 734. The van der Waals surface area contributed by atoms with Crippen LogP contribution in [0.25, 0.3) is 0 Å². The normalized spacial score (nSPS) is 18.1. The van der Waals surface area contributed by atoms with Crippen LogP contribution in [0.4, 0.5) is 5.69 Å². The Balaban J connectivity index is 1.71. The first-order chi connectivity index (χ1) is 12.0. The van der Waals surface area contributed by atoms with Gasteiger partial charge >= 0.3 is 0 Å². The molecule has 0 radical (unpaired) electrons. The molecule has 1 unspecified atom stereocenters. The zero-order valence-electron chi connectivity index (χ0n) is 13.3. The minimum Gasteiger partial charge on any atom is -0.322 e. The highest BCUT2D eigenvalue weighted by molar-refractivity contribution is 6.42. The van der Waals surface area contributed by atoms with Gasteiger partial charge in [-0.2, -0.15) is 0 Å². The third-order valence-corrected chi connectivity index (χ3v) is 4.86. The summed E-state index contributed by atoms with van der Waals surface area (Å²) >= 11 is 18.2. The number of aromatic nitrogens is 1. The fourth-order valence-corrected chi connectivity index (χ4v) is 3.77. The lowest BCUT2D eigenvalue weighted by atomic mass is 10.1. The minimum absolute atomic E-state index is 0.0874. The Labute approximate surface area is 161 Å². The van der Waals surface area contributed by atoms with Crippen LogP contribution in [0.3, 0.4) is 0 Å². The van der Waals surface area contributed by atoms with Crippen LogP contribution in [0.1, 0.15) is 11.6 Å². The van der Waals surface area contributed by atoms with E-state index in [4.69, 9.17) is 34.8 Å². The number of nitrogens with one attached hydrogen (secondary N) is 2. The van der Waals surface area contributed by atoms with Crippen molar-refractivity contribution in [3.8, 4) is 0 Å². The molecule has 1 aliphatic rings. The van der Waals surface area contributed by atoms with Crippen LogP contribution in [0.5, 0.6) is 0 Å². The summed E-state index contributed by atoms with van der Waals surface area (Å²) in [6.07, 6.45) is 3.57. The van der Waals surface area contributed by atoms with Crippen molar-refractivity contribution in [2.75, 3.05) is 31.5 Å². The van der Waals surface area contributed by atoms with Gasteiger partial charge < -0.3 is 10.6 Å². The SMILES string of the molecule is O=C(CN1CCNCC1c1cccnc1)Nc1c(Cl)cc(Cl)cc1Cl. The number of hydrogen-bond donors (Lipinski definition) is 2. The van der Waals surface area contributed by atoms with Crippen molar-refractivity contribution in [1.29, 1.82) is 0 Å². The molecule has 0 aliphatic carbocycles. The van der Waals surface area contributed by atoms with E-state index >= 15 is 0 Å². The number of nitrogens with zero attached hydrogens (tertiary/aromatic N) is 2. The number of benzene rings is 1. The molecule has 5 nitrogen and oxygen atoms in total. The average molecular weight is 400 g/mol. The van der Waals surface area contributed by atoms with E-state index in [0.29, 0.717) is 20.8 Å². The zero-order chi connectivity index (χ0) is 17.8. The first-order valence-corrected chi connectivity index (χ1v) is 8.97. The van der Waals surface area contributed by atoms with Gasteiger partial charge in [0, 0.05) is 43.1 Å². The number of pyridine rings is 1. The van der Waals surface area contributed by atoms with Gasteiger partial charge in [0.05, 0.1) is 22.3 Å². The van der Waals surface area contributed by atoms with E-state index in [0.717, 1.165) is 25.2 Å². The van der Waals surface area contributed by atoms with E-state index < -0.39 is 0 Å². The van der Waals surface area contributed by atoms with E-state index in [9.17, 15) is 4.79 Å². The number of carbonyl (C=O) groups excluding carboxylic acids is 1. The summed E-state index contributed by atoms with van der Waals surface area (Å²) in [6, 6.07) is 7.10. The first-order valence-electron chi connectivity index (χ1n) is 7.83. The van der Waals surface area contributed by atoms with Gasteiger partial charge in [-0.15, -0.1) is 0 Å². The summed E-state index contributed by atoms with van der Waals surface area (Å²) in [6.45, 7) is 2.58. The summed E-state index contributed by atoms with van der Waals surface area (Å²) in [5, 5.41) is 7.19. The molecule has 2 N–H and O–H groups in total. The van der Waals surface area contributed by atoms with E-state index in [1.807, 2.05) is 18.3 Å². The van der Waals surface area contributed by atoms with E-state index in [-0.39, 0.29) is 18.5 Å². The van der Waals surface area contributed by atoms with Crippen LogP contribution in [0.15, 0.2) is 36.7 Å². The van der Waals surface area contributed by atoms with Gasteiger partial charge in [0.2, 0.25) is 5.91 Å². The molecule has 1 amide bonds. The maximum atomic E-state index is 12.5. The van der Waals surface area contributed by atoms with Crippen LogP contribution in [-0.2, 0) is 4.79 Å². The maximum Gasteiger partial charge on any atom is 0.238 e. The van der Waals surface area contributed by atoms with Crippen molar-refractivity contribution in [2.45, 2.75) is 6.04 Å². The predicted octanol–water partition coefficient (Wildman–Crippen LogP) is 3.63. The van der Waals surface area contributed by atoms with E-state index in [1.54, 1.807) is 18.3 Å². The van der Waals surface area contributed by atoms with Gasteiger partial charge in [0.1, 0.15) is 0 Å². The number of amides is 1. The third kappa shape index (κ3) is 4.63. The molecule has 25 heavy (non-hydrogen) atoms. The lowest BCUT2D eigenvalue weighted by molar-refractivity contribution is -0.118. The fraction of sp³-hybridized carbons (Fsp3) is 0.294. The molecule has 1 aromatic heterocycles. The van der Waals surface area contributed by atoms with Crippen LogP contribution in [0.2, 0.25) is 15.1 Å². The third-order valence-electron chi connectivity index (χ3n) is 4.04. The standard InChI is InChI=1S/C17H17Cl3N4O/c18-12-6-13(19)17(14(20)7-12)23-16(25)10-24-5-4-22-9-15(24)11-2-1-3-21-8-11/h1-3,6-8,15,22H,4-5,9-10H2,(H,23,25). The molecule has 2 heterocycles. The topological polar surface area (TPSA) is 57.3 Å². The summed E-state index contributed by atoms with van der Waals surface area (Å²) in [5.41, 5.74) is 1.45. The predicted molar refractivity (Wildman–Crippen MR) is 102 cm³/mol. The molecule has 3 rings (SSSR count). The van der Waals surface area contributed by atoms with Gasteiger partial charge in [0.25, 0.3) is 0 Å². The fourth-order valence-electron chi connectivity index (χ4n) is 2.86. The molecule has 1 aromatic carbocycles. The molecule has 8 heteroatoms. The summed E-state index contributed by atoms with van der Waals surface area (Å²) in [4.78, 5) is 18.8. The summed E-state index contributed by atoms with van der Waals surface area (Å²) < 4.78 is 0. The van der Waals surface area contributed by atoms with Crippen molar-refractivity contribution in [3.63, 3.8) is 0 Å². The summed E-state index contributed by atoms with van der Waals surface area (Å²) in [7, 11) is 0. The Hall–Kier alpha value is -1.37. The van der Waals surface area contributed by atoms with Crippen LogP contribution in [-0.4, -0.2) is 42.0 Å². The second-order valence-electron chi connectivity index (χ2n) is 5.77. The molecule has 132 valence electrons. The van der Waals surface area contributed by atoms with E-state index in [2.05, 4.69) is 20.5 Å². The number of piperazine rings is 1.